The Morgan fingerprint density at radius 1 is 1.18 bits per heavy atom. The summed E-state index contributed by atoms with van der Waals surface area (Å²) in [5.41, 5.74) is 1.84. The molecule has 1 nitrogen and oxygen atoms in total. The Bertz CT molecular complexity index is 531. The standard InChI is InChI=1S/C13H10BrClFN/c14-11-4-2-1-3-9(11)8-17-13-6-5-10(16)7-12(13)15/h1-7,17H,8H2. The second kappa shape index (κ2) is 5.52. The van der Waals surface area contributed by atoms with Crippen LogP contribution in [0.3, 0.4) is 0 Å². The number of halogens is 3. The molecule has 0 saturated carbocycles. The molecule has 2 rings (SSSR count). The molecular weight excluding hydrogens is 305 g/mol. The van der Waals surface area contributed by atoms with Gasteiger partial charge in [-0.15, -0.1) is 0 Å². The maximum absolute atomic E-state index is 12.9. The lowest BCUT2D eigenvalue weighted by atomic mass is 10.2. The molecular formula is C13H10BrClFN. The van der Waals surface area contributed by atoms with Crippen molar-refractivity contribution in [1.29, 1.82) is 0 Å². The van der Waals surface area contributed by atoms with Crippen LogP contribution in [0, 0.1) is 5.82 Å². The Morgan fingerprint density at radius 2 is 1.94 bits per heavy atom. The Labute approximate surface area is 113 Å². The van der Waals surface area contributed by atoms with E-state index in [-0.39, 0.29) is 5.82 Å². The largest absolute Gasteiger partial charge is 0.380 e. The van der Waals surface area contributed by atoms with Crippen molar-refractivity contribution >= 4 is 33.2 Å². The van der Waals surface area contributed by atoms with Gasteiger partial charge in [0.1, 0.15) is 5.82 Å². The molecule has 4 heteroatoms. The van der Waals surface area contributed by atoms with E-state index >= 15 is 0 Å². The van der Waals surface area contributed by atoms with E-state index in [1.54, 1.807) is 6.07 Å². The first-order chi connectivity index (χ1) is 8.16. The zero-order valence-electron chi connectivity index (χ0n) is 8.88. The maximum Gasteiger partial charge on any atom is 0.124 e. The van der Waals surface area contributed by atoms with Crippen LogP contribution in [0.2, 0.25) is 5.02 Å². The molecule has 0 amide bonds. The normalized spacial score (nSPS) is 10.3. The molecule has 0 aliphatic carbocycles. The fourth-order valence-corrected chi connectivity index (χ4v) is 2.12. The minimum Gasteiger partial charge on any atom is -0.380 e. The maximum atomic E-state index is 12.9. The van der Waals surface area contributed by atoms with Crippen LogP contribution in [-0.4, -0.2) is 0 Å². The fourth-order valence-electron chi connectivity index (χ4n) is 1.47. The van der Waals surface area contributed by atoms with Crippen LogP contribution in [-0.2, 0) is 6.54 Å². The molecule has 0 atom stereocenters. The van der Waals surface area contributed by atoms with Crippen molar-refractivity contribution in [3.63, 3.8) is 0 Å². The number of hydrogen-bond acceptors (Lipinski definition) is 1. The minimum absolute atomic E-state index is 0.332. The van der Waals surface area contributed by atoms with Gasteiger partial charge in [-0.1, -0.05) is 45.7 Å². The molecule has 1 N–H and O–H groups in total. The predicted octanol–water partition coefficient (Wildman–Crippen LogP) is 4.85. The second-order valence-electron chi connectivity index (χ2n) is 3.57. The molecule has 17 heavy (non-hydrogen) atoms. The van der Waals surface area contributed by atoms with Crippen LogP contribution in [0.4, 0.5) is 10.1 Å². The molecule has 2 aromatic carbocycles. The molecule has 2 aromatic rings. The molecule has 0 fully saturated rings. The van der Waals surface area contributed by atoms with E-state index in [0.29, 0.717) is 11.6 Å². The van der Waals surface area contributed by atoms with E-state index in [9.17, 15) is 4.39 Å². The molecule has 88 valence electrons. The molecule has 0 saturated heterocycles. The van der Waals surface area contributed by atoms with E-state index in [4.69, 9.17) is 11.6 Å². The van der Waals surface area contributed by atoms with Gasteiger partial charge in [0, 0.05) is 11.0 Å². The van der Waals surface area contributed by atoms with Crippen LogP contribution < -0.4 is 5.32 Å². The van der Waals surface area contributed by atoms with Crippen molar-refractivity contribution in [2.45, 2.75) is 6.54 Å². The van der Waals surface area contributed by atoms with Crippen molar-refractivity contribution in [3.8, 4) is 0 Å². The molecule has 0 aliphatic rings. The number of nitrogens with one attached hydrogen (secondary N) is 1. The topological polar surface area (TPSA) is 12.0 Å². The summed E-state index contributed by atoms with van der Waals surface area (Å²) in [5, 5.41) is 3.55. The van der Waals surface area contributed by atoms with E-state index in [2.05, 4.69) is 21.2 Å². The van der Waals surface area contributed by atoms with Crippen molar-refractivity contribution in [3.05, 3.63) is 63.3 Å². The van der Waals surface area contributed by atoms with Gasteiger partial charge in [-0.25, -0.2) is 4.39 Å². The first-order valence-electron chi connectivity index (χ1n) is 5.09. The van der Waals surface area contributed by atoms with Crippen molar-refractivity contribution in [1.82, 2.24) is 0 Å². The third-order valence-corrected chi connectivity index (χ3v) is 3.44. The van der Waals surface area contributed by atoms with Gasteiger partial charge in [0.05, 0.1) is 10.7 Å². The summed E-state index contributed by atoms with van der Waals surface area (Å²) in [4.78, 5) is 0. The summed E-state index contributed by atoms with van der Waals surface area (Å²) in [6.45, 7) is 0.632. The molecule has 0 heterocycles. The molecule has 0 aromatic heterocycles. The van der Waals surface area contributed by atoms with E-state index in [1.807, 2.05) is 24.3 Å². The van der Waals surface area contributed by atoms with Gasteiger partial charge in [-0.3, -0.25) is 0 Å². The summed E-state index contributed by atoms with van der Waals surface area (Å²) >= 11 is 9.39. The highest BCUT2D eigenvalue weighted by Gasteiger charge is 2.03. The molecule has 0 aliphatic heterocycles. The first kappa shape index (κ1) is 12.4. The molecule has 0 spiro atoms. The van der Waals surface area contributed by atoms with Gasteiger partial charge < -0.3 is 5.32 Å². The van der Waals surface area contributed by atoms with Gasteiger partial charge in [0.15, 0.2) is 0 Å². The summed E-state index contributed by atoms with van der Waals surface area (Å²) in [5.74, 6) is -0.332. The average Bonchev–Trinajstić information content (AvgIpc) is 2.30. The number of anilines is 1. The van der Waals surface area contributed by atoms with Crippen LogP contribution >= 0.6 is 27.5 Å². The number of benzene rings is 2. The highest BCUT2D eigenvalue weighted by molar-refractivity contribution is 9.10. The summed E-state index contributed by atoms with van der Waals surface area (Å²) in [7, 11) is 0. The SMILES string of the molecule is Fc1ccc(NCc2ccccc2Br)c(Cl)c1. The highest BCUT2D eigenvalue weighted by atomic mass is 79.9. The fraction of sp³-hybridized carbons (Fsp3) is 0.0769. The molecule has 0 bridgehead atoms. The van der Waals surface area contributed by atoms with E-state index in [0.717, 1.165) is 15.7 Å². The Kier molecular flexibility index (Phi) is 4.02. The van der Waals surface area contributed by atoms with Gasteiger partial charge >= 0.3 is 0 Å². The monoisotopic (exact) mass is 313 g/mol. The Hall–Kier alpha value is -1.06. The highest BCUT2D eigenvalue weighted by Crippen LogP contribution is 2.24. The second-order valence-corrected chi connectivity index (χ2v) is 4.83. The number of rotatable bonds is 3. The van der Waals surface area contributed by atoms with Crippen molar-refractivity contribution in [2.24, 2.45) is 0 Å². The van der Waals surface area contributed by atoms with Gasteiger partial charge in [0.25, 0.3) is 0 Å². The zero-order chi connectivity index (χ0) is 12.3. The summed E-state index contributed by atoms with van der Waals surface area (Å²) in [6.07, 6.45) is 0. The Balaban J connectivity index is 2.10. The quantitative estimate of drug-likeness (QED) is 0.853. The van der Waals surface area contributed by atoms with Crippen molar-refractivity contribution in [2.75, 3.05) is 5.32 Å². The minimum atomic E-state index is -0.332. The average molecular weight is 315 g/mol. The zero-order valence-corrected chi connectivity index (χ0v) is 11.2. The van der Waals surface area contributed by atoms with Gasteiger partial charge in [0.2, 0.25) is 0 Å². The van der Waals surface area contributed by atoms with E-state index < -0.39 is 0 Å². The summed E-state index contributed by atoms with van der Waals surface area (Å²) in [6, 6.07) is 12.2. The van der Waals surface area contributed by atoms with Crippen LogP contribution in [0.15, 0.2) is 46.9 Å². The van der Waals surface area contributed by atoms with Crippen molar-refractivity contribution < 1.29 is 4.39 Å². The molecule has 0 radical (unpaired) electrons. The third-order valence-electron chi connectivity index (χ3n) is 2.36. The van der Waals surface area contributed by atoms with Crippen LogP contribution in [0.25, 0.3) is 0 Å². The Morgan fingerprint density at radius 3 is 2.65 bits per heavy atom. The van der Waals surface area contributed by atoms with E-state index in [1.165, 1.54) is 12.1 Å². The van der Waals surface area contributed by atoms with Crippen LogP contribution in [0.5, 0.6) is 0 Å². The van der Waals surface area contributed by atoms with Crippen LogP contribution in [0.1, 0.15) is 5.56 Å². The lowest BCUT2D eigenvalue weighted by molar-refractivity contribution is 0.628. The number of hydrogen-bond donors (Lipinski definition) is 1. The third kappa shape index (κ3) is 3.20. The lowest BCUT2D eigenvalue weighted by Gasteiger charge is -2.09. The predicted molar refractivity (Wildman–Crippen MR) is 72.9 cm³/mol. The van der Waals surface area contributed by atoms with Gasteiger partial charge in [-0.2, -0.15) is 0 Å². The lowest BCUT2D eigenvalue weighted by Crippen LogP contribution is -2.00. The first-order valence-corrected chi connectivity index (χ1v) is 6.26. The summed E-state index contributed by atoms with van der Waals surface area (Å²) < 4.78 is 13.9. The smallest absolute Gasteiger partial charge is 0.124 e. The molecule has 0 unspecified atom stereocenters. The van der Waals surface area contributed by atoms with Gasteiger partial charge in [-0.05, 0) is 29.8 Å².